The van der Waals surface area contributed by atoms with E-state index in [9.17, 15) is 0 Å². The Kier molecular flexibility index (Phi) is 5.01. The lowest BCUT2D eigenvalue weighted by Crippen LogP contribution is -2.36. The average molecular weight is 375 g/mol. The van der Waals surface area contributed by atoms with E-state index in [1.165, 1.54) is 5.56 Å². The van der Waals surface area contributed by atoms with E-state index >= 15 is 0 Å². The van der Waals surface area contributed by atoms with Crippen molar-refractivity contribution >= 4 is 11.6 Å². The highest BCUT2D eigenvalue weighted by Gasteiger charge is 2.09. The van der Waals surface area contributed by atoms with Crippen LogP contribution in [0.3, 0.4) is 0 Å². The molecule has 28 heavy (non-hydrogen) atoms. The molecular formula is C20H21N7O. The lowest BCUT2D eigenvalue weighted by molar-refractivity contribution is 0.572. The molecule has 0 radical (unpaired) electrons. The lowest BCUT2D eigenvalue weighted by Gasteiger charge is -2.09. The Bertz CT molecular complexity index is 1100. The van der Waals surface area contributed by atoms with Crippen molar-refractivity contribution in [2.24, 2.45) is 4.99 Å². The molecule has 3 heterocycles. The molecule has 142 valence electrons. The van der Waals surface area contributed by atoms with Gasteiger partial charge < -0.3 is 15.1 Å². The first kappa shape index (κ1) is 17.7. The van der Waals surface area contributed by atoms with Crippen LogP contribution in [-0.4, -0.2) is 32.6 Å². The van der Waals surface area contributed by atoms with Gasteiger partial charge in [0.2, 0.25) is 5.89 Å². The van der Waals surface area contributed by atoms with E-state index in [0.29, 0.717) is 24.9 Å². The Morgan fingerprint density at radius 3 is 2.71 bits per heavy atom. The quantitative estimate of drug-likeness (QED) is 0.411. The fraction of sp³-hybridized carbons (Fsp3) is 0.200. The molecule has 4 rings (SSSR count). The van der Waals surface area contributed by atoms with Crippen LogP contribution in [0.15, 0.2) is 64.3 Å². The number of rotatable bonds is 5. The molecule has 0 aliphatic carbocycles. The Labute approximate surface area is 162 Å². The smallest absolute Gasteiger partial charge is 0.226 e. The highest BCUT2D eigenvalue weighted by molar-refractivity contribution is 5.79. The molecule has 2 N–H and O–H groups in total. The molecular weight excluding hydrogens is 354 g/mol. The molecule has 0 saturated heterocycles. The predicted molar refractivity (Wildman–Crippen MR) is 107 cm³/mol. The van der Waals surface area contributed by atoms with Crippen molar-refractivity contribution < 1.29 is 4.42 Å². The summed E-state index contributed by atoms with van der Waals surface area (Å²) in [5.74, 6) is 2.06. The minimum absolute atomic E-state index is 0.496. The monoisotopic (exact) mass is 375 g/mol. The van der Waals surface area contributed by atoms with E-state index in [1.54, 1.807) is 13.3 Å². The van der Waals surface area contributed by atoms with E-state index in [1.807, 2.05) is 53.1 Å². The van der Waals surface area contributed by atoms with Gasteiger partial charge in [-0.2, -0.15) is 0 Å². The summed E-state index contributed by atoms with van der Waals surface area (Å²) < 4.78 is 7.53. The first-order valence-corrected chi connectivity index (χ1v) is 8.97. The molecule has 1 aromatic carbocycles. The molecule has 0 atom stereocenters. The van der Waals surface area contributed by atoms with Crippen molar-refractivity contribution in [3.05, 3.63) is 72.0 Å². The number of pyridine rings is 1. The van der Waals surface area contributed by atoms with E-state index in [2.05, 4.69) is 37.7 Å². The van der Waals surface area contributed by atoms with E-state index in [-0.39, 0.29) is 0 Å². The van der Waals surface area contributed by atoms with Crippen LogP contribution < -0.4 is 10.6 Å². The van der Waals surface area contributed by atoms with Crippen molar-refractivity contribution in [1.82, 2.24) is 30.2 Å². The standard InChI is InChI=1S/C20H21N7O/c1-14-6-8-15(9-7-14)19-24-16(13-28-19)11-22-20(21-2)23-12-18-26-25-17-5-3-4-10-27(17)18/h3-10,13H,11-12H2,1-2H3,(H2,21,22,23). The van der Waals surface area contributed by atoms with Gasteiger partial charge in [-0.25, -0.2) is 4.98 Å². The van der Waals surface area contributed by atoms with Crippen LogP contribution >= 0.6 is 0 Å². The van der Waals surface area contributed by atoms with Gasteiger partial charge in [-0.1, -0.05) is 23.8 Å². The second-order valence-corrected chi connectivity index (χ2v) is 6.33. The highest BCUT2D eigenvalue weighted by Crippen LogP contribution is 2.18. The van der Waals surface area contributed by atoms with Crippen LogP contribution in [-0.2, 0) is 13.1 Å². The van der Waals surface area contributed by atoms with E-state index in [0.717, 1.165) is 22.7 Å². The number of fused-ring (bicyclic) bond motifs is 1. The third kappa shape index (κ3) is 3.85. The van der Waals surface area contributed by atoms with Gasteiger partial charge >= 0.3 is 0 Å². The topological polar surface area (TPSA) is 92.6 Å². The number of guanidine groups is 1. The Balaban J connectivity index is 1.35. The van der Waals surface area contributed by atoms with Crippen LogP contribution in [0.5, 0.6) is 0 Å². The van der Waals surface area contributed by atoms with Gasteiger partial charge in [-0.15, -0.1) is 10.2 Å². The van der Waals surface area contributed by atoms with E-state index in [4.69, 9.17) is 4.42 Å². The molecule has 0 amide bonds. The molecule has 0 fully saturated rings. The maximum Gasteiger partial charge on any atom is 0.226 e. The largest absolute Gasteiger partial charge is 0.444 e. The zero-order chi connectivity index (χ0) is 19.3. The number of aromatic nitrogens is 4. The number of nitrogens with zero attached hydrogens (tertiary/aromatic N) is 5. The fourth-order valence-electron chi connectivity index (χ4n) is 2.79. The summed E-state index contributed by atoms with van der Waals surface area (Å²) in [5, 5.41) is 14.8. The molecule has 4 aromatic rings. The molecule has 0 spiro atoms. The zero-order valence-corrected chi connectivity index (χ0v) is 15.8. The van der Waals surface area contributed by atoms with Gasteiger partial charge in [-0.05, 0) is 31.2 Å². The summed E-state index contributed by atoms with van der Waals surface area (Å²) in [7, 11) is 1.72. The molecule has 0 aliphatic heterocycles. The summed E-state index contributed by atoms with van der Waals surface area (Å²) in [4.78, 5) is 8.76. The molecule has 0 saturated carbocycles. The molecule has 3 aromatic heterocycles. The van der Waals surface area contributed by atoms with Crippen LogP contribution in [0.25, 0.3) is 17.1 Å². The molecule has 0 aliphatic rings. The number of oxazole rings is 1. The van der Waals surface area contributed by atoms with Gasteiger partial charge in [0.1, 0.15) is 6.26 Å². The lowest BCUT2D eigenvalue weighted by atomic mass is 10.1. The number of benzene rings is 1. The summed E-state index contributed by atoms with van der Waals surface area (Å²) >= 11 is 0. The summed E-state index contributed by atoms with van der Waals surface area (Å²) in [6.45, 7) is 3.05. The first-order chi connectivity index (χ1) is 13.7. The van der Waals surface area contributed by atoms with Crippen LogP contribution in [0.4, 0.5) is 0 Å². The summed E-state index contributed by atoms with van der Waals surface area (Å²) in [5.41, 5.74) is 3.77. The zero-order valence-electron chi connectivity index (χ0n) is 15.8. The third-order valence-corrected chi connectivity index (χ3v) is 4.31. The minimum atomic E-state index is 0.496. The number of aryl methyl sites for hydroxylation is 1. The van der Waals surface area contributed by atoms with Crippen molar-refractivity contribution in [3.8, 4) is 11.5 Å². The van der Waals surface area contributed by atoms with Gasteiger partial charge in [0.25, 0.3) is 0 Å². The Hall–Kier alpha value is -3.68. The van der Waals surface area contributed by atoms with Gasteiger partial charge in [-0.3, -0.25) is 9.39 Å². The Morgan fingerprint density at radius 1 is 1.07 bits per heavy atom. The van der Waals surface area contributed by atoms with E-state index < -0.39 is 0 Å². The van der Waals surface area contributed by atoms with Crippen LogP contribution in [0.1, 0.15) is 17.1 Å². The minimum Gasteiger partial charge on any atom is -0.444 e. The number of aliphatic imine (C=N–C) groups is 1. The number of nitrogens with one attached hydrogen (secondary N) is 2. The van der Waals surface area contributed by atoms with Gasteiger partial charge in [0, 0.05) is 18.8 Å². The molecule has 8 heteroatoms. The second-order valence-electron chi connectivity index (χ2n) is 6.33. The van der Waals surface area contributed by atoms with Crippen molar-refractivity contribution in [1.29, 1.82) is 0 Å². The normalized spacial score (nSPS) is 11.7. The van der Waals surface area contributed by atoms with Gasteiger partial charge in [0.15, 0.2) is 17.4 Å². The van der Waals surface area contributed by atoms with Gasteiger partial charge in [0.05, 0.1) is 18.8 Å². The van der Waals surface area contributed by atoms with Crippen LogP contribution in [0.2, 0.25) is 0 Å². The average Bonchev–Trinajstić information content (AvgIpc) is 3.36. The summed E-state index contributed by atoms with van der Waals surface area (Å²) in [6.07, 6.45) is 3.59. The number of hydrogen-bond donors (Lipinski definition) is 2. The predicted octanol–water partition coefficient (Wildman–Crippen LogP) is 2.56. The molecule has 8 nitrogen and oxygen atoms in total. The van der Waals surface area contributed by atoms with Crippen molar-refractivity contribution in [3.63, 3.8) is 0 Å². The fourth-order valence-corrected chi connectivity index (χ4v) is 2.79. The second kappa shape index (κ2) is 7.91. The number of hydrogen-bond acceptors (Lipinski definition) is 5. The Morgan fingerprint density at radius 2 is 1.89 bits per heavy atom. The highest BCUT2D eigenvalue weighted by atomic mass is 16.3. The molecule has 0 bridgehead atoms. The first-order valence-electron chi connectivity index (χ1n) is 8.97. The van der Waals surface area contributed by atoms with Crippen molar-refractivity contribution in [2.45, 2.75) is 20.0 Å². The maximum atomic E-state index is 5.59. The molecule has 0 unspecified atom stereocenters. The third-order valence-electron chi connectivity index (χ3n) is 4.31. The maximum absolute atomic E-state index is 5.59. The van der Waals surface area contributed by atoms with Crippen LogP contribution in [0, 0.1) is 6.92 Å². The summed E-state index contributed by atoms with van der Waals surface area (Å²) in [6, 6.07) is 13.9. The van der Waals surface area contributed by atoms with Crippen molar-refractivity contribution in [2.75, 3.05) is 7.05 Å². The SMILES string of the molecule is CN=C(NCc1coc(-c2ccc(C)cc2)n1)NCc1nnc2ccccn12.